The van der Waals surface area contributed by atoms with Crippen molar-refractivity contribution in [2.75, 3.05) is 7.05 Å². The van der Waals surface area contributed by atoms with Crippen LogP contribution in [-0.2, 0) is 4.79 Å². The van der Waals surface area contributed by atoms with Crippen molar-refractivity contribution in [1.82, 2.24) is 14.8 Å². The molecular weight excluding hydrogens is 333 g/mol. The second-order valence-electron chi connectivity index (χ2n) is 5.61. The van der Waals surface area contributed by atoms with Crippen molar-refractivity contribution in [2.24, 2.45) is 0 Å². The predicted octanol–water partition coefficient (Wildman–Crippen LogP) is 3.41. The van der Waals surface area contributed by atoms with E-state index in [4.69, 9.17) is 11.6 Å². The predicted molar refractivity (Wildman–Crippen MR) is 89.5 cm³/mol. The van der Waals surface area contributed by atoms with Crippen molar-refractivity contribution in [3.63, 3.8) is 0 Å². The molecule has 1 fully saturated rings. The zero-order valence-electron chi connectivity index (χ0n) is 13.4. The van der Waals surface area contributed by atoms with Gasteiger partial charge in [-0.1, -0.05) is 11.6 Å². The van der Waals surface area contributed by atoms with Crippen molar-refractivity contribution >= 4 is 29.6 Å². The Balaban J connectivity index is 2.06. The highest BCUT2D eigenvalue weighted by atomic mass is 35.5. The minimum atomic E-state index is -0.479. The molecule has 24 heavy (non-hydrogen) atoms. The van der Waals surface area contributed by atoms with Crippen molar-refractivity contribution in [3.05, 3.63) is 57.8 Å². The minimum Gasteiger partial charge on any atom is -0.318 e. The van der Waals surface area contributed by atoms with E-state index in [9.17, 15) is 14.0 Å². The lowest BCUT2D eigenvalue weighted by Gasteiger charge is -2.10. The van der Waals surface area contributed by atoms with Gasteiger partial charge in [0.25, 0.3) is 5.91 Å². The maximum absolute atomic E-state index is 13.4. The molecule has 5 nitrogen and oxygen atoms in total. The quantitative estimate of drug-likeness (QED) is 0.668. The molecule has 2 heterocycles. The van der Waals surface area contributed by atoms with Crippen LogP contribution < -0.4 is 5.32 Å². The van der Waals surface area contributed by atoms with E-state index >= 15 is 0 Å². The molecule has 1 aromatic heterocycles. The molecule has 2 aromatic rings. The van der Waals surface area contributed by atoms with Crippen LogP contribution in [0.1, 0.15) is 17.0 Å². The van der Waals surface area contributed by atoms with Gasteiger partial charge in [-0.15, -0.1) is 0 Å². The van der Waals surface area contributed by atoms with Crippen molar-refractivity contribution in [1.29, 1.82) is 0 Å². The molecule has 0 spiro atoms. The molecule has 1 N–H and O–H groups in total. The van der Waals surface area contributed by atoms with Gasteiger partial charge in [-0.05, 0) is 49.8 Å². The molecule has 0 radical (unpaired) electrons. The fourth-order valence-electron chi connectivity index (χ4n) is 2.73. The molecule has 0 bridgehead atoms. The molecule has 1 saturated heterocycles. The largest absolute Gasteiger partial charge is 0.328 e. The van der Waals surface area contributed by atoms with Crippen LogP contribution in [0.25, 0.3) is 11.8 Å². The average molecular weight is 348 g/mol. The lowest BCUT2D eigenvalue weighted by atomic mass is 10.2. The third kappa shape index (κ3) is 2.59. The molecule has 0 unspecified atom stereocenters. The first-order valence-corrected chi connectivity index (χ1v) is 7.62. The Morgan fingerprint density at radius 2 is 1.92 bits per heavy atom. The maximum atomic E-state index is 13.4. The van der Waals surface area contributed by atoms with Gasteiger partial charge < -0.3 is 9.88 Å². The summed E-state index contributed by atoms with van der Waals surface area (Å²) in [5, 5.41) is 2.57. The number of aromatic nitrogens is 1. The number of aryl methyl sites for hydroxylation is 1. The lowest BCUT2D eigenvalue weighted by molar-refractivity contribution is -0.121. The van der Waals surface area contributed by atoms with Crippen LogP contribution in [0.5, 0.6) is 0 Å². The number of rotatable bonds is 2. The molecule has 3 rings (SSSR count). The number of nitrogens with one attached hydrogen (secondary N) is 1. The summed E-state index contributed by atoms with van der Waals surface area (Å²) in [6.07, 6.45) is 1.63. The summed E-state index contributed by atoms with van der Waals surface area (Å²) in [7, 11) is 1.42. The Morgan fingerprint density at radius 1 is 1.21 bits per heavy atom. The normalized spacial score (nSPS) is 16.2. The number of likely N-dealkylation sites (N-methyl/N-ethyl adjacent to an activating group) is 1. The average Bonchev–Trinajstić information content (AvgIpc) is 2.94. The van der Waals surface area contributed by atoms with Crippen LogP contribution in [0, 0.1) is 19.7 Å². The van der Waals surface area contributed by atoms with Crippen LogP contribution in [0.2, 0.25) is 5.02 Å². The van der Waals surface area contributed by atoms with E-state index in [1.807, 2.05) is 24.5 Å². The number of carbonyl (C=O) groups excluding carboxylic acids is 2. The van der Waals surface area contributed by atoms with E-state index in [1.54, 1.807) is 18.2 Å². The van der Waals surface area contributed by atoms with Gasteiger partial charge in [-0.25, -0.2) is 9.18 Å². The second kappa shape index (κ2) is 5.79. The standard InChI is InChI=1S/C17H15ClFN3O2/c1-9-6-11(7-15-16(23)21(3)17(24)20-15)10(2)22(9)12-4-5-14(19)13(18)8-12/h4-8H,1-3H3,(H,20,24)/b15-7+. The van der Waals surface area contributed by atoms with Gasteiger partial charge in [0.05, 0.1) is 5.02 Å². The van der Waals surface area contributed by atoms with E-state index in [-0.39, 0.29) is 16.6 Å². The van der Waals surface area contributed by atoms with E-state index in [1.165, 1.54) is 13.1 Å². The highest BCUT2D eigenvalue weighted by Gasteiger charge is 2.30. The van der Waals surface area contributed by atoms with E-state index in [0.717, 1.165) is 27.5 Å². The minimum absolute atomic E-state index is 0.0414. The molecule has 1 aliphatic heterocycles. The maximum Gasteiger partial charge on any atom is 0.328 e. The first kappa shape index (κ1) is 16.3. The Kier molecular flexibility index (Phi) is 3.93. The smallest absolute Gasteiger partial charge is 0.318 e. The first-order valence-electron chi connectivity index (χ1n) is 7.24. The van der Waals surface area contributed by atoms with Crippen molar-refractivity contribution in [3.8, 4) is 5.69 Å². The van der Waals surface area contributed by atoms with E-state index in [0.29, 0.717) is 0 Å². The second-order valence-corrected chi connectivity index (χ2v) is 6.02. The third-order valence-corrected chi connectivity index (χ3v) is 4.30. The van der Waals surface area contributed by atoms with Gasteiger partial charge in [-0.3, -0.25) is 9.69 Å². The van der Waals surface area contributed by atoms with Gasteiger partial charge >= 0.3 is 6.03 Å². The summed E-state index contributed by atoms with van der Waals surface area (Å²) in [4.78, 5) is 24.5. The Bertz CT molecular complexity index is 901. The molecule has 0 saturated carbocycles. The molecule has 1 aliphatic rings. The molecule has 1 aromatic carbocycles. The Hall–Kier alpha value is -2.60. The number of benzene rings is 1. The Morgan fingerprint density at radius 3 is 2.50 bits per heavy atom. The fourth-order valence-corrected chi connectivity index (χ4v) is 2.91. The highest BCUT2D eigenvalue weighted by Crippen LogP contribution is 2.26. The van der Waals surface area contributed by atoms with Crippen LogP contribution in [0.15, 0.2) is 30.0 Å². The van der Waals surface area contributed by atoms with Gasteiger partial charge in [0.15, 0.2) is 0 Å². The van der Waals surface area contributed by atoms with E-state index < -0.39 is 11.8 Å². The topological polar surface area (TPSA) is 54.3 Å². The molecular formula is C17H15ClFN3O2. The van der Waals surface area contributed by atoms with Crippen molar-refractivity contribution in [2.45, 2.75) is 13.8 Å². The van der Waals surface area contributed by atoms with Crippen LogP contribution in [0.3, 0.4) is 0 Å². The van der Waals surface area contributed by atoms with Crippen LogP contribution in [-0.4, -0.2) is 28.5 Å². The molecule has 0 aliphatic carbocycles. The third-order valence-electron chi connectivity index (χ3n) is 4.01. The number of urea groups is 1. The summed E-state index contributed by atoms with van der Waals surface area (Å²) in [6.45, 7) is 3.77. The van der Waals surface area contributed by atoms with E-state index in [2.05, 4.69) is 5.32 Å². The van der Waals surface area contributed by atoms with Gasteiger partial charge in [-0.2, -0.15) is 0 Å². The summed E-state index contributed by atoms with van der Waals surface area (Å²) in [5.74, 6) is -0.859. The molecule has 0 atom stereocenters. The number of hydrogen-bond acceptors (Lipinski definition) is 2. The van der Waals surface area contributed by atoms with Gasteiger partial charge in [0.1, 0.15) is 11.5 Å². The molecule has 124 valence electrons. The SMILES string of the molecule is Cc1cc(/C=C2/NC(=O)N(C)C2=O)c(C)n1-c1ccc(F)c(Cl)c1. The number of nitrogens with zero attached hydrogens (tertiary/aromatic N) is 2. The Labute approximate surface area is 143 Å². The molecule has 3 amide bonds. The zero-order valence-corrected chi connectivity index (χ0v) is 14.1. The highest BCUT2D eigenvalue weighted by molar-refractivity contribution is 6.30. The summed E-state index contributed by atoms with van der Waals surface area (Å²) < 4.78 is 15.3. The fraction of sp³-hybridized carbons (Fsp3) is 0.176. The lowest BCUT2D eigenvalue weighted by Crippen LogP contribution is -2.25. The monoisotopic (exact) mass is 347 g/mol. The molecule has 7 heteroatoms. The van der Waals surface area contributed by atoms with Crippen LogP contribution in [0.4, 0.5) is 9.18 Å². The number of carbonyl (C=O) groups is 2. The summed E-state index contributed by atoms with van der Waals surface area (Å²) >= 11 is 5.87. The summed E-state index contributed by atoms with van der Waals surface area (Å²) in [6, 6.07) is 5.92. The van der Waals surface area contributed by atoms with Gasteiger partial charge in [0, 0.05) is 24.1 Å². The number of hydrogen-bond donors (Lipinski definition) is 1. The number of halogens is 2. The van der Waals surface area contributed by atoms with Gasteiger partial charge in [0.2, 0.25) is 0 Å². The summed E-state index contributed by atoms with van der Waals surface area (Å²) in [5.41, 5.74) is 3.47. The number of amides is 3. The number of imide groups is 1. The zero-order chi connectivity index (χ0) is 17.6. The van der Waals surface area contributed by atoms with Crippen molar-refractivity contribution < 1.29 is 14.0 Å². The van der Waals surface area contributed by atoms with Crippen LogP contribution >= 0.6 is 11.6 Å². The first-order chi connectivity index (χ1) is 11.3.